The number of carbonyl (C=O) groups excluding carboxylic acids is 5. The van der Waals surface area contributed by atoms with Gasteiger partial charge in [0.2, 0.25) is 0 Å². The lowest BCUT2D eigenvalue weighted by Gasteiger charge is -2.10. The van der Waals surface area contributed by atoms with Crippen LogP contribution in [0.1, 0.15) is 133 Å². The summed E-state index contributed by atoms with van der Waals surface area (Å²) in [5.41, 5.74) is 5.68. The number of Topliss-reactive ketones (excluding diaryl/α,β-unsaturated/α-hetero) is 5. The van der Waals surface area contributed by atoms with E-state index in [-0.39, 0.29) is 41.8 Å². The van der Waals surface area contributed by atoms with Gasteiger partial charge < -0.3 is 14.7 Å². The number of unbranched alkanes of at least 4 members (excludes halogenated alkanes) is 1. The zero-order valence-electron chi connectivity index (χ0n) is 35.1. The number of carboxylic acids is 1. The lowest BCUT2D eigenvalue weighted by molar-refractivity contribution is -0.137. The highest BCUT2D eigenvalue weighted by molar-refractivity contribution is 6.11. The van der Waals surface area contributed by atoms with Crippen molar-refractivity contribution in [2.45, 2.75) is 105 Å². The normalized spacial score (nSPS) is 10.7. The predicted molar refractivity (Wildman–Crippen MR) is 239 cm³/mol. The number of carbonyl (C=O) groups is 6. The number of hydrogen-bond donors (Lipinski definition) is 1. The molecule has 0 unspecified atom stereocenters. The molecule has 0 aliphatic rings. The quantitative estimate of drug-likeness (QED) is 0.0720. The lowest BCUT2D eigenvalue weighted by atomic mass is 9.93. The van der Waals surface area contributed by atoms with Crippen LogP contribution in [0.5, 0.6) is 0 Å². The zero-order valence-corrected chi connectivity index (χ0v) is 35.1. The molecule has 0 bridgehead atoms. The standard InChI is InChI=1S/C20H24O2.C16H16O3.C16H16O2/c1-3-8-16-10-6-11-17-12-7-13-18(20(16)17)19(22)14-5-4-9-15(2)21;1-11-5-2-6-12-7-3-8-13(16(11)12)14(17)9-4-10-15(18)19;1-11-5-3-6-13-7-4-8-14(16(11)13)15(18)10-9-12(2)17/h6-7,10-13H,3-5,8-9,14H2,1-2H3;2-3,5-8H,4,9-10H2,1H3,(H,18,19);3-8H,9-10H2,1-2H3. The minimum Gasteiger partial charge on any atom is -0.481 e. The molecule has 7 heteroatoms. The molecule has 0 amide bonds. The summed E-state index contributed by atoms with van der Waals surface area (Å²) in [6.45, 7) is 9.26. The Morgan fingerprint density at radius 2 is 0.831 bits per heavy atom. The average molecular weight is 793 g/mol. The fraction of sp³-hybridized carbons (Fsp3) is 0.308. The third-order valence-corrected chi connectivity index (χ3v) is 10.3. The van der Waals surface area contributed by atoms with Gasteiger partial charge >= 0.3 is 5.97 Å². The summed E-state index contributed by atoms with van der Waals surface area (Å²) in [6, 6.07) is 35.6. The molecule has 0 atom stereocenters. The van der Waals surface area contributed by atoms with Crippen LogP contribution in [-0.2, 0) is 20.8 Å². The first-order valence-electron chi connectivity index (χ1n) is 20.6. The molecule has 6 aromatic carbocycles. The summed E-state index contributed by atoms with van der Waals surface area (Å²) in [5, 5.41) is 15.0. The van der Waals surface area contributed by atoms with Crippen molar-refractivity contribution in [2.75, 3.05) is 0 Å². The van der Waals surface area contributed by atoms with E-state index < -0.39 is 5.97 Å². The second kappa shape index (κ2) is 22.8. The maximum Gasteiger partial charge on any atom is 0.303 e. The van der Waals surface area contributed by atoms with E-state index >= 15 is 0 Å². The number of ketones is 5. The van der Waals surface area contributed by atoms with Crippen molar-refractivity contribution in [2.24, 2.45) is 0 Å². The minimum atomic E-state index is -0.859. The summed E-state index contributed by atoms with van der Waals surface area (Å²) in [4.78, 5) is 69.3. The molecule has 0 aliphatic heterocycles. The zero-order chi connectivity index (χ0) is 42.9. The van der Waals surface area contributed by atoms with E-state index in [1.54, 1.807) is 6.92 Å². The average Bonchev–Trinajstić information content (AvgIpc) is 3.21. The van der Waals surface area contributed by atoms with Crippen LogP contribution in [0.15, 0.2) is 109 Å². The molecule has 0 spiro atoms. The number of hydrogen-bond acceptors (Lipinski definition) is 6. The van der Waals surface area contributed by atoms with E-state index in [4.69, 9.17) is 5.11 Å². The molecule has 6 aromatic rings. The Morgan fingerprint density at radius 1 is 0.441 bits per heavy atom. The minimum absolute atomic E-state index is 0.0150. The van der Waals surface area contributed by atoms with Crippen LogP contribution in [0.2, 0.25) is 0 Å². The molecular weight excluding hydrogens is 737 g/mol. The van der Waals surface area contributed by atoms with Crippen molar-refractivity contribution in [3.63, 3.8) is 0 Å². The van der Waals surface area contributed by atoms with Crippen LogP contribution in [0, 0.1) is 13.8 Å². The topological polar surface area (TPSA) is 123 Å². The van der Waals surface area contributed by atoms with Gasteiger partial charge in [0.25, 0.3) is 0 Å². The van der Waals surface area contributed by atoms with Crippen molar-refractivity contribution in [3.8, 4) is 0 Å². The van der Waals surface area contributed by atoms with Gasteiger partial charge in [-0.1, -0.05) is 123 Å². The first-order chi connectivity index (χ1) is 28.3. The first-order valence-corrected chi connectivity index (χ1v) is 20.6. The van der Waals surface area contributed by atoms with Gasteiger partial charge in [0.05, 0.1) is 0 Å². The molecule has 0 saturated carbocycles. The van der Waals surface area contributed by atoms with Gasteiger partial charge in [0.1, 0.15) is 11.6 Å². The molecule has 6 rings (SSSR count). The van der Waals surface area contributed by atoms with Gasteiger partial charge in [-0.05, 0) is 102 Å². The smallest absolute Gasteiger partial charge is 0.303 e. The summed E-state index contributed by atoms with van der Waals surface area (Å²) in [7, 11) is 0. The van der Waals surface area contributed by atoms with Crippen molar-refractivity contribution in [1.82, 2.24) is 0 Å². The summed E-state index contributed by atoms with van der Waals surface area (Å²) in [5.74, 6) is -0.353. The highest BCUT2D eigenvalue weighted by Crippen LogP contribution is 2.27. The molecule has 1 N–H and O–H groups in total. The maximum absolute atomic E-state index is 12.6. The number of aliphatic carboxylic acids is 1. The van der Waals surface area contributed by atoms with Crippen LogP contribution in [0.25, 0.3) is 32.3 Å². The molecule has 0 radical (unpaired) electrons. The number of aryl methyl sites for hydroxylation is 3. The van der Waals surface area contributed by atoms with Crippen molar-refractivity contribution in [1.29, 1.82) is 0 Å². The molecule has 0 aromatic heterocycles. The van der Waals surface area contributed by atoms with Crippen LogP contribution in [-0.4, -0.2) is 40.0 Å². The van der Waals surface area contributed by atoms with Crippen LogP contribution in [0.4, 0.5) is 0 Å². The van der Waals surface area contributed by atoms with Crippen molar-refractivity contribution in [3.05, 3.63) is 143 Å². The van der Waals surface area contributed by atoms with Gasteiger partial charge in [-0.2, -0.15) is 0 Å². The second-order valence-corrected chi connectivity index (χ2v) is 15.2. The summed E-state index contributed by atoms with van der Waals surface area (Å²) in [6.07, 6.45) is 6.05. The SMILES string of the molecule is CC(=O)CCC(=O)c1cccc2cccc(C)c12.CCCc1cccc2cccc(C(=O)CCCCC(C)=O)c12.Cc1cccc2cccc(C(=O)CCCC(=O)O)c12. The molecule has 7 nitrogen and oxygen atoms in total. The van der Waals surface area contributed by atoms with Gasteiger partial charge in [0, 0.05) is 55.2 Å². The molecule has 59 heavy (non-hydrogen) atoms. The van der Waals surface area contributed by atoms with E-state index in [1.807, 2.05) is 98.8 Å². The van der Waals surface area contributed by atoms with Crippen LogP contribution >= 0.6 is 0 Å². The van der Waals surface area contributed by atoms with Crippen LogP contribution in [0.3, 0.4) is 0 Å². The van der Waals surface area contributed by atoms with Gasteiger partial charge in [-0.25, -0.2) is 0 Å². The van der Waals surface area contributed by atoms with E-state index in [1.165, 1.54) is 12.5 Å². The fourth-order valence-electron chi connectivity index (χ4n) is 7.40. The molecule has 0 aliphatic carbocycles. The van der Waals surface area contributed by atoms with E-state index in [9.17, 15) is 28.8 Å². The molecular formula is C52H56O7. The summed E-state index contributed by atoms with van der Waals surface area (Å²) < 4.78 is 0. The highest BCUT2D eigenvalue weighted by atomic mass is 16.4. The molecule has 306 valence electrons. The highest BCUT2D eigenvalue weighted by Gasteiger charge is 2.15. The van der Waals surface area contributed by atoms with E-state index in [2.05, 4.69) is 31.2 Å². The Bertz CT molecular complexity index is 2440. The Morgan fingerprint density at radius 3 is 1.29 bits per heavy atom. The van der Waals surface area contributed by atoms with Crippen LogP contribution < -0.4 is 0 Å². The summed E-state index contributed by atoms with van der Waals surface area (Å²) >= 11 is 0. The van der Waals surface area contributed by atoms with Gasteiger partial charge in [-0.3, -0.25) is 19.2 Å². The lowest BCUT2D eigenvalue weighted by Crippen LogP contribution is -2.03. The number of fused-ring (bicyclic) bond motifs is 3. The Labute approximate surface area is 347 Å². The largest absolute Gasteiger partial charge is 0.481 e. The Balaban J connectivity index is 0.000000197. The van der Waals surface area contributed by atoms with E-state index in [0.717, 1.165) is 80.3 Å². The second-order valence-electron chi connectivity index (χ2n) is 15.2. The predicted octanol–water partition coefficient (Wildman–Crippen LogP) is 12.4. The van der Waals surface area contributed by atoms with Gasteiger partial charge in [0.15, 0.2) is 17.3 Å². The fourth-order valence-corrected chi connectivity index (χ4v) is 7.40. The molecule has 0 heterocycles. The van der Waals surface area contributed by atoms with E-state index in [0.29, 0.717) is 37.7 Å². The third kappa shape index (κ3) is 13.2. The Kier molecular flexibility index (Phi) is 17.6. The van der Waals surface area contributed by atoms with Crippen molar-refractivity contribution >= 4 is 67.2 Å². The van der Waals surface area contributed by atoms with Crippen molar-refractivity contribution < 1.29 is 33.9 Å². The monoisotopic (exact) mass is 792 g/mol. The Hall–Kier alpha value is -6.08. The molecule has 0 saturated heterocycles. The number of carboxylic acid groups (broad SMARTS) is 1. The first kappa shape index (κ1) is 45.6. The van der Waals surface area contributed by atoms with Gasteiger partial charge in [-0.15, -0.1) is 0 Å². The molecule has 0 fully saturated rings. The number of rotatable bonds is 17. The maximum atomic E-state index is 12.6. The number of benzene rings is 6. The third-order valence-electron chi connectivity index (χ3n) is 10.3.